The highest BCUT2D eigenvalue weighted by atomic mass is 14.4. The summed E-state index contributed by atoms with van der Waals surface area (Å²) >= 11 is 0. The van der Waals surface area contributed by atoms with Gasteiger partial charge in [0.15, 0.2) is 0 Å². The molecule has 2 fully saturated rings. The molecule has 0 aromatic heterocycles. The maximum Gasteiger partial charge on any atom is -0.0360 e. The smallest absolute Gasteiger partial charge is 0.0360 e. The predicted octanol–water partition coefficient (Wildman–Crippen LogP) is 5.67. The molecule has 0 heterocycles. The first-order valence-electron chi connectivity index (χ1n) is 8.16. The Morgan fingerprint density at radius 3 is 2.12 bits per heavy atom. The van der Waals surface area contributed by atoms with Crippen LogP contribution in [0.1, 0.15) is 78.6 Å². The Bertz CT molecular complexity index is 210. The van der Waals surface area contributed by atoms with Crippen molar-refractivity contribution in [3.8, 4) is 0 Å². The first-order chi connectivity index (χ1) is 8.16. The zero-order valence-corrected chi connectivity index (χ0v) is 12.3. The molecule has 0 nitrogen and oxygen atoms in total. The number of rotatable bonds is 3. The molecule has 2 rings (SSSR count). The van der Waals surface area contributed by atoms with E-state index in [9.17, 15) is 0 Å². The second kappa shape index (κ2) is 6.25. The van der Waals surface area contributed by atoms with Crippen molar-refractivity contribution in [1.29, 1.82) is 0 Å². The van der Waals surface area contributed by atoms with Gasteiger partial charge in [-0.1, -0.05) is 52.9 Å². The van der Waals surface area contributed by atoms with Crippen LogP contribution in [0.2, 0.25) is 0 Å². The van der Waals surface area contributed by atoms with Crippen molar-refractivity contribution in [3.63, 3.8) is 0 Å². The van der Waals surface area contributed by atoms with Gasteiger partial charge in [-0.05, 0) is 55.3 Å². The highest BCUT2D eigenvalue weighted by molar-refractivity contribution is 4.83. The van der Waals surface area contributed by atoms with E-state index in [1.165, 1.54) is 38.5 Å². The van der Waals surface area contributed by atoms with Crippen LogP contribution >= 0.6 is 0 Å². The van der Waals surface area contributed by atoms with E-state index in [1.807, 2.05) is 0 Å². The fraction of sp³-hybridized carbons (Fsp3) is 1.00. The monoisotopic (exact) mass is 236 g/mol. The summed E-state index contributed by atoms with van der Waals surface area (Å²) in [5, 5.41) is 0. The zero-order valence-electron chi connectivity index (χ0n) is 12.3. The number of hydrogen-bond acceptors (Lipinski definition) is 0. The zero-order chi connectivity index (χ0) is 12.3. The van der Waals surface area contributed by atoms with E-state index in [2.05, 4.69) is 20.8 Å². The van der Waals surface area contributed by atoms with E-state index >= 15 is 0 Å². The molecule has 0 amide bonds. The van der Waals surface area contributed by atoms with Crippen LogP contribution in [0.3, 0.4) is 0 Å². The van der Waals surface area contributed by atoms with Gasteiger partial charge in [0.25, 0.3) is 0 Å². The molecule has 0 aliphatic heterocycles. The summed E-state index contributed by atoms with van der Waals surface area (Å²) in [6, 6.07) is 0. The van der Waals surface area contributed by atoms with Crippen LogP contribution in [0, 0.1) is 29.6 Å². The lowest BCUT2D eigenvalue weighted by Gasteiger charge is -2.39. The molecule has 2 atom stereocenters. The Morgan fingerprint density at radius 1 is 0.882 bits per heavy atom. The summed E-state index contributed by atoms with van der Waals surface area (Å²) in [7, 11) is 0. The van der Waals surface area contributed by atoms with Crippen molar-refractivity contribution in [1.82, 2.24) is 0 Å². The molecule has 2 saturated carbocycles. The molecule has 0 N–H and O–H groups in total. The minimum Gasteiger partial charge on any atom is -0.0628 e. The Hall–Kier alpha value is 0. The summed E-state index contributed by atoms with van der Waals surface area (Å²) in [4.78, 5) is 0. The van der Waals surface area contributed by atoms with Crippen LogP contribution in [0.5, 0.6) is 0 Å². The second-order valence-electron chi connectivity index (χ2n) is 7.34. The number of hydrogen-bond donors (Lipinski definition) is 0. The third-order valence-electron chi connectivity index (χ3n) is 5.48. The molecule has 0 heteroatoms. The van der Waals surface area contributed by atoms with Crippen LogP contribution in [0.4, 0.5) is 0 Å². The third kappa shape index (κ3) is 3.73. The van der Waals surface area contributed by atoms with E-state index in [0.29, 0.717) is 0 Å². The topological polar surface area (TPSA) is 0 Å². The van der Waals surface area contributed by atoms with E-state index < -0.39 is 0 Å². The summed E-state index contributed by atoms with van der Waals surface area (Å²) in [6.45, 7) is 7.29. The van der Waals surface area contributed by atoms with E-state index in [1.54, 1.807) is 19.3 Å². The Labute approximate surface area is 109 Å². The fourth-order valence-electron chi connectivity index (χ4n) is 4.56. The van der Waals surface area contributed by atoms with Gasteiger partial charge in [0, 0.05) is 0 Å². The van der Waals surface area contributed by atoms with Gasteiger partial charge in [-0.2, -0.15) is 0 Å². The Morgan fingerprint density at radius 2 is 1.53 bits per heavy atom. The average molecular weight is 236 g/mol. The minimum absolute atomic E-state index is 0.908. The maximum atomic E-state index is 2.52. The van der Waals surface area contributed by atoms with Crippen LogP contribution in [0.25, 0.3) is 0 Å². The van der Waals surface area contributed by atoms with Crippen molar-refractivity contribution >= 4 is 0 Å². The second-order valence-corrected chi connectivity index (χ2v) is 7.34. The van der Waals surface area contributed by atoms with Crippen LogP contribution in [0.15, 0.2) is 0 Å². The summed E-state index contributed by atoms with van der Waals surface area (Å²) in [5.74, 6) is 5.17. The van der Waals surface area contributed by atoms with Crippen molar-refractivity contribution < 1.29 is 0 Å². The molecule has 100 valence electrons. The van der Waals surface area contributed by atoms with Gasteiger partial charge in [0.1, 0.15) is 0 Å². The molecular weight excluding hydrogens is 204 g/mol. The van der Waals surface area contributed by atoms with Crippen molar-refractivity contribution in [2.45, 2.75) is 78.6 Å². The molecule has 0 spiro atoms. The fourth-order valence-corrected chi connectivity index (χ4v) is 4.56. The van der Waals surface area contributed by atoms with E-state index in [4.69, 9.17) is 0 Å². The normalized spacial score (nSPS) is 39.5. The molecule has 0 aromatic rings. The SMILES string of the molecule is CC(C)CC1CCC(C2CCCCC2C)CC1. The van der Waals surface area contributed by atoms with Crippen molar-refractivity contribution in [2.75, 3.05) is 0 Å². The lowest BCUT2D eigenvalue weighted by molar-refractivity contribution is 0.116. The summed E-state index contributed by atoms with van der Waals surface area (Å²) in [5.41, 5.74) is 0. The standard InChI is InChI=1S/C17H32/c1-13(2)12-15-8-10-16(11-9-15)17-7-5-4-6-14(17)3/h13-17H,4-12H2,1-3H3. The van der Waals surface area contributed by atoms with Crippen LogP contribution < -0.4 is 0 Å². The summed E-state index contributed by atoms with van der Waals surface area (Å²) in [6.07, 6.45) is 13.7. The molecular formula is C17H32. The van der Waals surface area contributed by atoms with E-state index in [-0.39, 0.29) is 0 Å². The molecule has 2 aliphatic carbocycles. The predicted molar refractivity (Wildman–Crippen MR) is 76.0 cm³/mol. The lowest BCUT2D eigenvalue weighted by Crippen LogP contribution is -2.28. The first kappa shape index (κ1) is 13.4. The van der Waals surface area contributed by atoms with Gasteiger partial charge in [-0.15, -0.1) is 0 Å². The molecule has 0 aromatic carbocycles. The molecule has 0 saturated heterocycles. The highest BCUT2D eigenvalue weighted by Crippen LogP contribution is 2.43. The van der Waals surface area contributed by atoms with Crippen molar-refractivity contribution in [3.05, 3.63) is 0 Å². The van der Waals surface area contributed by atoms with Gasteiger partial charge < -0.3 is 0 Å². The van der Waals surface area contributed by atoms with Gasteiger partial charge in [-0.3, -0.25) is 0 Å². The molecule has 0 radical (unpaired) electrons. The van der Waals surface area contributed by atoms with Crippen LogP contribution in [-0.4, -0.2) is 0 Å². The third-order valence-corrected chi connectivity index (χ3v) is 5.48. The maximum absolute atomic E-state index is 2.52. The molecule has 0 bridgehead atoms. The quantitative estimate of drug-likeness (QED) is 0.592. The largest absolute Gasteiger partial charge is 0.0628 e. The van der Waals surface area contributed by atoms with Gasteiger partial charge in [0.2, 0.25) is 0 Å². The highest BCUT2D eigenvalue weighted by Gasteiger charge is 2.32. The first-order valence-corrected chi connectivity index (χ1v) is 8.16. The van der Waals surface area contributed by atoms with Gasteiger partial charge in [-0.25, -0.2) is 0 Å². The van der Waals surface area contributed by atoms with Gasteiger partial charge in [0.05, 0.1) is 0 Å². The average Bonchev–Trinajstić information content (AvgIpc) is 2.30. The van der Waals surface area contributed by atoms with Crippen LogP contribution in [-0.2, 0) is 0 Å². The minimum atomic E-state index is 0.908. The Kier molecular flexibility index (Phi) is 4.94. The lowest BCUT2D eigenvalue weighted by atomic mass is 9.66. The van der Waals surface area contributed by atoms with E-state index in [0.717, 1.165) is 29.6 Å². The van der Waals surface area contributed by atoms with Gasteiger partial charge >= 0.3 is 0 Å². The molecule has 17 heavy (non-hydrogen) atoms. The molecule has 2 aliphatic rings. The molecule has 2 unspecified atom stereocenters. The Balaban J connectivity index is 1.78. The van der Waals surface area contributed by atoms with Crippen molar-refractivity contribution in [2.24, 2.45) is 29.6 Å². The summed E-state index contributed by atoms with van der Waals surface area (Å²) < 4.78 is 0.